The molecule has 0 radical (unpaired) electrons. The Bertz CT molecular complexity index is 1080. The first-order valence-corrected chi connectivity index (χ1v) is 8.11. The molecule has 2 N–H and O–H groups in total. The summed E-state index contributed by atoms with van der Waals surface area (Å²) < 4.78 is 15.0. The quantitative estimate of drug-likeness (QED) is 0.496. The fourth-order valence-electron chi connectivity index (χ4n) is 2.59. The summed E-state index contributed by atoms with van der Waals surface area (Å²) in [5.41, 5.74) is 6.51. The average Bonchev–Trinajstić information content (AvgIpc) is 2.61. The van der Waals surface area contributed by atoms with E-state index in [2.05, 4.69) is 20.9 Å². The minimum atomic E-state index is -0.560. The first kappa shape index (κ1) is 17.5. The van der Waals surface area contributed by atoms with Gasteiger partial charge in [0, 0.05) is 21.7 Å². The monoisotopic (exact) mass is 412 g/mol. The maximum absolute atomic E-state index is 14.4. The first-order chi connectivity index (χ1) is 12.4. The molecule has 0 saturated carbocycles. The molecule has 0 amide bonds. The summed E-state index contributed by atoms with van der Waals surface area (Å²) in [5, 5.41) is 20.7. The Kier molecular flexibility index (Phi) is 4.65. The third-order valence-electron chi connectivity index (χ3n) is 3.76. The van der Waals surface area contributed by atoms with Crippen LogP contribution in [0.3, 0.4) is 0 Å². The number of hydrogen-bond acceptors (Lipinski definition) is 5. The van der Waals surface area contributed by atoms with Crippen LogP contribution in [0.25, 0.3) is 22.4 Å². The number of benzene rings is 2. The minimum Gasteiger partial charge on any atom is -0.383 e. The number of aromatic nitrogens is 1. The second-order valence-electron chi connectivity index (χ2n) is 5.33. The summed E-state index contributed by atoms with van der Waals surface area (Å²) in [5.74, 6) is -0.685. The zero-order chi connectivity index (χ0) is 18.8. The van der Waals surface area contributed by atoms with Crippen molar-refractivity contribution in [3.05, 3.63) is 74.5 Å². The number of nitro groups is 1. The van der Waals surface area contributed by atoms with Gasteiger partial charge in [0.2, 0.25) is 0 Å². The van der Waals surface area contributed by atoms with Crippen molar-refractivity contribution < 1.29 is 9.31 Å². The molecular weight excluding hydrogens is 403 g/mol. The number of pyridine rings is 1. The van der Waals surface area contributed by atoms with Crippen LogP contribution in [0, 0.1) is 27.3 Å². The van der Waals surface area contributed by atoms with Gasteiger partial charge < -0.3 is 5.73 Å². The van der Waals surface area contributed by atoms with Gasteiger partial charge in [0.1, 0.15) is 23.3 Å². The summed E-state index contributed by atoms with van der Waals surface area (Å²) in [4.78, 5) is 14.9. The van der Waals surface area contributed by atoms with Crippen molar-refractivity contribution in [2.75, 3.05) is 5.73 Å². The number of rotatable bonds is 3. The fraction of sp³-hybridized carbons (Fsp3) is 0. The molecule has 3 aromatic rings. The molecule has 1 heterocycles. The van der Waals surface area contributed by atoms with E-state index < -0.39 is 10.7 Å². The smallest absolute Gasteiger partial charge is 0.278 e. The maximum atomic E-state index is 14.4. The van der Waals surface area contributed by atoms with Gasteiger partial charge in [-0.25, -0.2) is 9.37 Å². The zero-order valence-corrected chi connectivity index (χ0v) is 14.7. The Balaban J connectivity index is 2.31. The Morgan fingerprint density at radius 3 is 2.54 bits per heavy atom. The molecule has 6 nitrogen and oxygen atoms in total. The second-order valence-corrected chi connectivity index (χ2v) is 6.24. The molecule has 0 aliphatic carbocycles. The van der Waals surface area contributed by atoms with Crippen LogP contribution in [0.1, 0.15) is 5.56 Å². The molecule has 2 aromatic carbocycles. The Morgan fingerprint density at radius 1 is 1.15 bits per heavy atom. The van der Waals surface area contributed by atoms with Gasteiger partial charge in [-0.1, -0.05) is 34.1 Å². The van der Waals surface area contributed by atoms with Gasteiger partial charge in [0.15, 0.2) is 0 Å². The third kappa shape index (κ3) is 3.12. The fourth-order valence-corrected chi connectivity index (χ4v) is 2.92. The summed E-state index contributed by atoms with van der Waals surface area (Å²) in [6, 6.07) is 13.8. The highest BCUT2D eigenvalue weighted by molar-refractivity contribution is 9.10. The predicted octanol–water partition coefficient (Wildman–Crippen LogP) is 4.68. The number of nitro benzene ring substituents is 1. The van der Waals surface area contributed by atoms with E-state index in [1.807, 2.05) is 6.07 Å². The molecule has 0 unspecified atom stereocenters. The molecule has 3 rings (SSSR count). The molecule has 0 aliphatic rings. The van der Waals surface area contributed by atoms with E-state index in [1.165, 1.54) is 36.4 Å². The number of nitrogens with two attached hydrogens (primary N) is 1. The molecule has 1 aromatic heterocycles. The van der Waals surface area contributed by atoms with Crippen LogP contribution >= 0.6 is 15.9 Å². The lowest BCUT2D eigenvalue weighted by Gasteiger charge is -2.11. The Labute approximate surface area is 156 Å². The van der Waals surface area contributed by atoms with E-state index >= 15 is 0 Å². The molecule has 8 heteroatoms. The molecule has 26 heavy (non-hydrogen) atoms. The van der Waals surface area contributed by atoms with Crippen LogP contribution in [0.2, 0.25) is 0 Å². The van der Waals surface area contributed by atoms with E-state index in [0.717, 1.165) is 0 Å². The molecule has 0 atom stereocenters. The van der Waals surface area contributed by atoms with Crippen LogP contribution in [0.5, 0.6) is 0 Å². The van der Waals surface area contributed by atoms with Gasteiger partial charge in [-0.05, 0) is 24.3 Å². The topological polar surface area (TPSA) is 106 Å². The van der Waals surface area contributed by atoms with E-state index in [4.69, 9.17) is 5.73 Å². The molecule has 0 spiro atoms. The number of nitriles is 1. The summed E-state index contributed by atoms with van der Waals surface area (Å²) >= 11 is 3.18. The van der Waals surface area contributed by atoms with Crippen molar-refractivity contribution in [1.29, 1.82) is 5.26 Å². The first-order valence-electron chi connectivity index (χ1n) is 7.32. The largest absolute Gasteiger partial charge is 0.383 e. The van der Waals surface area contributed by atoms with Crippen molar-refractivity contribution in [1.82, 2.24) is 4.98 Å². The maximum Gasteiger partial charge on any atom is 0.278 e. The van der Waals surface area contributed by atoms with Crippen molar-refractivity contribution in [3.63, 3.8) is 0 Å². The van der Waals surface area contributed by atoms with Gasteiger partial charge in [0.25, 0.3) is 5.69 Å². The molecular formula is C18H10BrFN4O2. The van der Waals surface area contributed by atoms with Gasteiger partial charge in [-0.15, -0.1) is 0 Å². The van der Waals surface area contributed by atoms with E-state index in [-0.39, 0.29) is 39.5 Å². The number of nitrogens with zero attached hydrogens (tertiary/aromatic N) is 3. The van der Waals surface area contributed by atoms with Crippen molar-refractivity contribution in [2.45, 2.75) is 0 Å². The molecule has 0 aliphatic heterocycles. The lowest BCUT2D eigenvalue weighted by atomic mass is 9.97. The van der Waals surface area contributed by atoms with Gasteiger partial charge in [-0.3, -0.25) is 10.1 Å². The van der Waals surface area contributed by atoms with Crippen LogP contribution in [-0.4, -0.2) is 9.91 Å². The standard InChI is InChI=1S/C18H10BrFN4O2/c19-10-5-6-11(15(20)7-10)13-8-16(23-18(22)14(13)9-21)12-3-1-2-4-17(12)24(25)26/h1-8H,(H2,22,23). The number of hydrogen-bond donors (Lipinski definition) is 1. The molecule has 0 saturated heterocycles. The summed E-state index contributed by atoms with van der Waals surface area (Å²) in [6.45, 7) is 0. The van der Waals surface area contributed by atoms with Crippen molar-refractivity contribution in [3.8, 4) is 28.5 Å². The van der Waals surface area contributed by atoms with Crippen LogP contribution in [0.15, 0.2) is 53.0 Å². The summed E-state index contributed by atoms with van der Waals surface area (Å²) in [7, 11) is 0. The molecule has 128 valence electrons. The highest BCUT2D eigenvalue weighted by atomic mass is 79.9. The number of halogens is 2. The Morgan fingerprint density at radius 2 is 1.88 bits per heavy atom. The number of anilines is 1. The van der Waals surface area contributed by atoms with Crippen LogP contribution in [-0.2, 0) is 0 Å². The van der Waals surface area contributed by atoms with Gasteiger partial charge in [-0.2, -0.15) is 5.26 Å². The van der Waals surface area contributed by atoms with E-state index in [9.17, 15) is 19.8 Å². The lowest BCUT2D eigenvalue weighted by Crippen LogP contribution is -2.02. The third-order valence-corrected chi connectivity index (χ3v) is 4.25. The van der Waals surface area contributed by atoms with E-state index in [1.54, 1.807) is 12.1 Å². The number of nitrogen functional groups attached to an aromatic ring is 1. The lowest BCUT2D eigenvalue weighted by molar-refractivity contribution is -0.384. The SMILES string of the molecule is N#Cc1c(-c2ccc(Br)cc2F)cc(-c2ccccc2[N+](=O)[O-])nc1N. The van der Waals surface area contributed by atoms with Crippen LogP contribution in [0.4, 0.5) is 15.9 Å². The second kappa shape index (κ2) is 6.90. The molecule has 0 fully saturated rings. The normalized spacial score (nSPS) is 10.3. The van der Waals surface area contributed by atoms with Crippen molar-refractivity contribution >= 4 is 27.4 Å². The number of para-hydroxylation sites is 1. The average molecular weight is 413 g/mol. The highest BCUT2D eigenvalue weighted by Crippen LogP contribution is 2.36. The summed E-state index contributed by atoms with van der Waals surface area (Å²) in [6.07, 6.45) is 0. The zero-order valence-electron chi connectivity index (χ0n) is 13.1. The minimum absolute atomic E-state index is 0.00792. The van der Waals surface area contributed by atoms with Crippen molar-refractivity contribution in [2.24, 2.45) is 0 Å². The Hall–Kier alpha value is -3.31. The highest BCUT2D eigenvalue weighted by Gasteiger charge is 2.20. The van der Waals surface area contributed by atoms with E-state index in [0.29, 0.717) is 4.47 Å². The van der Waals surface area contributed by atoms with Crippen LogP contribution < -0.4 is 5.73 Å². The van der Waals surface area contributed by atoms with Gasteiger partial charge >= 0.3 is 0 Å². The predicted molar refractivity (Wildman–Crippen MR) is 98.5 cm³/mol. The molecule has 0 bridgehead atoms. The van der Waals surface area contributed by atoms with Gasteiger partial charge in [0.05, 0.1) is 16.2 Å².